The Labute approximate surface area is 183 Å². The zero-order chi connectivity index (χ0) is 23.9. The number of rotatable bonds is 8. The molecule has 32 heavy (non-hydrogen) atoms. The lowest BCUT2D eigenvalue weighted by atomic mass is 9.78. The summed E-state index contributed by atoms with van der Waals surface area (Å²) in [6, 6.07) is 6.34. The minimum Gasteiger partial charge on any atom is -0.463 e. The molecule has 1 aliphatic heterocycles. The fraction of sp³-hybridized carbons (Fsp3) is 0.409. The van der Waals surface area contributed by atoms with Crippen LogP contribution in [0.15, 0.2) is 46.8 Å². The van der Waals surface area contributed by atoms with Gasteiger partial charge in [-0.15, -0.1) is 0 Å². The summed E-state index contributed by atoms with van der Waals surface area (Å²) in [4.78, 5) is 25.7. The predicted molar refractivity (Wildman–Crippen MR) is 107 cm³/mol. The van der Waals surface area contributed by atoms with Crippen molar-refractivity contribution < 1.29 is 37.0 Å². The van der Waals surface area contributed by atoms with Crippen LogP contribution in [0.3, 0.4) is 0 Å². The van der Waals surface area contributed by atoms with Crippen LogP contribution < -0.4 is 5.32 Å². The van der Waals surface area contributed by atoms with E-state index in [1.54, 1.807) is 13.0 Å². The van der Waals surface area contributed by atoms with Crippen molar-refractivity contribution in [1.29, 1.82) is 5.26 Å². The Kier molecular flexibility index (Phi) is 8.43. The maximum Gasteiger partial charge on any atom is 0.416 e. The van der Waals surface area contributed by atoms with Crippen molar-refractivity contribution in [2.75, 3.05) is 26.4 Å². The first-order chi connectivity index (χ1) is 15.2. The van der Waals surface area contributed by atoms with E-state index in [2.05, 4.69) is 5.32 Å². The van der Waals surface area contributed by atoms with E-state index in [4.69, 9.17) is 14.2 Å². The first kappa shape index (κ1) is 24.9. The Balaban J connectivity index is 2.69. The van der Waals surface area contributed by atoms with Crippen LogP contribution in [0, 0.1) is 11.3 Å². The third kappa shape index (κ3) is 5.48. The number of benzene rings is 1. The van der Waals surface area contributed by atoms with Crippen LogP contribution in [-0.4, -0.2) is 38.4 Å². The molecular weight excluding hydrogens is 429 g/mol. The van der Waals surface area contributed by atoms with Gasteiger partial charge in [-0.2, -0.15) is 18.4 Å². The molecule has 0 bridgehead atoms. The molecule has 0 amide bonds. The Hall–Kier alpha value is -3.32. The van der Waals surface area contributed by atoms with Crippen molar-refractivity contribution in [2.24, 2.45) is 0 Å². The lowest BCUT2D eigenvalue weighted by molar-refractivity contribution is -0.142. The number of allylic oxidation sites excluding steroid dienone is 2. The SMILES string of the molecule is CCOCCOC(=O)C1=C(C)NC(C#N)=C(C(=O)OCC)C1c1ccccc1C(F)(F)F. The van der Waals surface area contributed by atoms with Crippen LogP contribution >= 0.6 is 0 Å². The van der Waals surface area contributed by atoms with Crippen molar-refractivity contribution in [3.63, 3.8) is 0 Å². The van der Waals surface area contributed by atoms with Crippen LogP contribution in [0.5, 0.6) is 0 Å². The molecule has 0 fully saturated rings. The first-order valence-electron chi connectivity index (χ1n) is 9.87. The van der Waals surface area contributed by atoms with Crippen LogP contribution in [0.1, 0.15) is 37.8 Å². The molecule has 0 aromatic heterocycles. The number of hydrogen-bond donors (Lipinski definition) is 1. The molecule has 1 aromatic rings. The number of ether oxygens (including phenoxy) is 3. The Morgan fingerprint density at radius 1 is 1.06 bits per heavy atom. The predicted octanol–water partition coefficient (Wildman–Crippen LogP) is 3.59. The summed E-state index contributed by atoms with van der Waals surface area (Å²) in [5.74, 6) is -3.47. The first-order valence-corrected chi connectivity index (χ1v) is 9.87. The molecule has 172 valence electrons. The second-order valence-corrected chi connectivity index (χ2v) is 6.64. The number of nitrogens with one attached hydrogen (secondary N) is 1. The fourth-order valence-corrected chi connectivity index (χ4v) is 3.35. The average Bonchev–Trinajstić information content (AvgIpc) is 2.75. The zero-order valence-corrected chi connectivity index (χ0v) is 17.8. The lowest BCUT2D eigenvalue weighted by Gasteiger charge is -2.30. The number of hydrogen-bond acceptors (Lipinski definition) is 7. The van der Waals surface area contributed by atoms with Crippen LogP contribution in [0.2, 0.25) is 0 Å². The largest absolute Gasteiger partial charge is 0.463 e. The van der Waals surface area contributed by atoms with Gasteiger partial charge < -0.3 is 19.5 Å². The summed E-state index contributed by atoms with van der Waals surface area (Å²) < 4.78 is 56.7. The average molecular weight is 452 g/mol. The van der Waals surface area contributed by atoms with Gasteiger partial charge in [-0.3, -0.25) is 0 Å². The third-order valence-corrected chi connectivity index (χ3v) is 4.63. The van der Waals surface area contributed by atoms with E-state index in [-0.39, 0.29) is 42.4 Å². The van der Waals surface area contributed by atoms with E-state index < -0.39 is 35.2 Å². The minimum absolute atomic E-state index is 0.0779. The van der Waals surface area contributed by atoms with Crippen molar-refractivity contribution in [2.45, 2.75) is 32.9 Å². The van der Waals surface area contributed by atoms with E-state index >= 15 is 0 Å². The molecule has 7 nitrogen and oxygen atoms in total. The molecule has 0 saturated heterocycles. The van der Waals surface area contributed by atoms with Crippen molar-refractivity contribution in [3.8, 4) is 6.07 Å². The molecule has 0 saturated carbocycles. The summed E-state index contributed by atoms with van der Waals surface area (Å²) >= 11 is 0. The van der Waals surface area contributed by atoms with Gasteiger partial charge in [0.1, 0.15) is 18.4 Å². The molecule has 1 N–H and O–H groups in total. The molecule has 10 heteroatoms. The van der Waals surface area contributed by atoms with Gasteiger partial charge in [-0.05, 0) is 32.4 Å². The molecule has 1 unspecified atom stereocenters. The normalized spacial score (nSPS) is 16.3. The third-order valence-electron chi connectivity index (χ3n) is 4.63. The van der Waals surface area contributed by atoms with Gasteiger partial charge in [0.2, 0.25) is 0 Å². The number of halogens is 3. The second kappa shape index (κ2) is 10.8. The van der Waals surface area contributed by atoms with Crippen molar-refractivity contribution in [1.82, 2.24) is 5.32 Å². The van der Waals surface area contributed by atoms with Gasteiger partial charge in [-0.25, -0.2) is 9.59 Å². The van der Waals surface area contributed by atoms with E-state index in [0.29, 0.717) is 6.61 Å². The van der Waals surface area contributed by atoms with Gasteiger partial charge in [0, 0.05) is 12.3 Å². The lowest BCUT2D eigenvalue weighted by Crippen LogP contribution is -2.34. The molecule has 1 aromatic carbocycles. The summed E-state index contributed by atoms with van der Waals surface area (Å²) in [7, 11) is 0. The van der Waals surface area contributed by atoms with Gasteiger partial charge in [0.25, 0.3) is 0 Å². The highest BCUT2D eigenvalue weighted by molar-refractivity contribution is 6.00. The maximum atomic E-state index is 13.8. The minimum atomic E-state index is -4.77. The van der Waals surface area contributed by atoms with Gasteiger partial charge in [-0.1, -0.05) is 18.2 Å². The number of nitriles is 1. The smallest absolute Gasteiger partial charge is 0.416 e. The topological polar surface area (TPSA) is 97.6 Å². The molecule has 0 spiro atoms. The number of carbonyl (C=O) groups excluding carboxylic acids is 2. The van der Waals surface area contributed by atoms with E-state index in [0.717, 1.165) is 12.1 Å². The number of alkyl halides is 3. The molecule has 0 aliphatic carbocycles. The Morgan fingerprint density at radius 2 is 1.72 bits per heavy atom. The molecule has 1 heterocycles. The standard InChI is InChI=1S/C22H23F3N2O5/c1-4-30-10-11-32-20(28)17-13(3)27-16(12-26)19(21(29)31-5-2)18(17)14-8-6-7-9-15(14)22(23,24)25/h6-9,18,27H,4-5,10-11H2,1-3H3. The molecule has 0 radical (unpaired) electrons. The summed E-state index contributed by atoms with van der Waals surface area (Å²) in [6.45, 7) is 4.96. The Morgan fingerprint density at radius 3 is 2.31 bits per heavy atom. The van der Waals surface area contributed by atoms with Gasteiger partial charge >= 0.3 is 18.1 Å². The van der Waals surface area contributed by atoms with Crippen LogP contribution in [0.4, 0.5) is 13.2 Å². The maximum absolute atomic E-state index is 13.8. The number of dihydropyridines is 1. The van der Waals surface area contributed by atoms with Crippen LogP contribution in [-0.2, 0) is 30.0 Å². The summed E-state index contributed by atoms with van der Waals surface area (Å²) in [6.07, 6.45) is -4.77. The summed E-state index contributed by atoms with van der Waals surface area (Å²) in [5, 5.41) is 12.2. The fourth-order valence-electron chi connectivity index (χ4n) is 3.35. The van der Waals surface area contributed by atoms with Gasteiger partial charge in [0.15, 0.2) is 0 Å². The zero-order valence-electron chi connectivity index (χ0n) is 17.8. The highest BCUT2D eigenvalue weighted by Gasteiger charge is 2.43. The van der Waals surface area contributed by atoms with E-state index in [1.807, 2.05) is 0 Å². The quantitative estimate of drug-likeness (QED) is 0.476. The number of nitrogens with zero attached hydrogens (tertiary/aromatic N) is 1. The Bertz CT molecular complexity index is 977. The van der Waals surface area contributed by atoms with E-state index in [9.17, 15) is 28.0 Å². The molecular formula is C22H23F3N2O5. The van der Waals surface area contributed by atoms with Gasteiger partial charge in [0.05, 0.1) is 35.8 Å². The molecule has 1 aliphatic rings. The monoisotopic (exact) mass is 452 g/mol. The number of esters is 2. The highest BCUT2D eigenvalue weighted by atomic mass is 19.4. The van der Waals surface area contributed by atoms with Crippen molar-refractivity contribution in [3.05, 3.63) is 57.9 Å². The molecule has 1 atom stereocenters. The van der Waals surface area contributed by atoms with Crippen molar-refractivity contribution >= 4 is 11.9 Å². The second-order valence-electron chi connectivity index (χ2n) is 6.64. The number of carbonyl (C=O) groups is 2. The van der Waals surface area contributed by atoms with Crippen LogP contribution in [0.25, 0.3) is 0 Å². The van der Waals surface area contributed by atoms with E-state index in [1.165, 1.54) is 26.0 Å². The molecule has 2 rings (SSSR count). The highest BCUT2D eigenvalue weighted by Crippen LogP contribution is 2.44. The summed E-state index contributed by atoms with van der Waals surface area (Å²) in [5.41, 5.74) is -2.23.